The third kappa shape index (κ3) is 3.88. The van der Waals surface area contributed by atoms with E-state index in [2.05, 4.69) is 15.2 Å². The van der Waals surface area contributed by atoms with Gasteiger partial charge in [-0.15, -0.1) is 33.4 Å². The Hall–Kier alpha value is -1.89. The van der Waals surface area contributed by atoms with Crippen LogP contribution in [0.25, 0.3) is 11.4 Å². The van der Waals surface area contributed by atoms with Gasteiger partial charge in [0.15, 0.2) is 16.8 Å². The van der Waals surface area contributed by atoms with Crippen molar-refractivity contribution < 1.29 is 4.79 Å². The van der Waals surface area contributed by atoms with Gasteiger partial charge in [-0.1, -0.05) is 30.0 Å². The minimum atomic E-state index is -0.696. The minimum Gasteiger partial charge on any atom is -0.305 e. The number of carbonyl (C=O) groups is 1. The standard InChI is InChI=1S/C19H16Cl2N4OS/c1-25-17(12-5-7-22-8-6-12)23-24-18(25)27-11-16(26)14-4-2-3-13(9-14)15-10-19(15,20)21/h2-9,15H,10-11H2,1H3/t15-/m0/s1. The van der Waals surface area contributed by atoms with Gasteiger partial charge < -0.3 is 4.57 Å². The highest BCUT2D eigenvalue weighted by atomic mass is 35.5. The molecular weight excluding hydrogens is 403 g/mol. The normalized spacial score (nSPS) is 17.7. The molecule has 0 saturated heterocycles. The average molecular weight is 419 g/mol. The van der Waals surface area contributed by atoms with Gasteiger partial charge in [-0.2, -0.15) is 0 Å². The van der Waals surface area contributed by atoms with Gasteiger partial charge in [0, 0.05) is 36.5 Å². The smallest absolute Gasteiger partial charge is 0.191 e. The Kier molecular flexibility index (Phi) is 4.97. The topological polar surface area (TPSA) is 60.7 Å². The molecule has 1 aromatic carbocycles. The van der Waals surface area contributed by atoms with E-state index in [1.54, 1.807) is 12.4 Å². The van der Waals surface area contributed by atoms with E-state index in [0.717, 1.165) is 23.4 Å². The monoisotopic (exact) mass is 418 g/mol. The van der Waals surface area contributed by atoms with E-state index in [-0.39, 0.29) is 17.5 Å². The summed E-state index contributed by atoms with van der Waals surface area (Å²) in [4.78, 5) is 16.6. The van der Waals surface area contributed by atoms with Crippen LogP contribution in [0.15, 0.2) is 53.9 Å². The second-order valence-electron chi connectivity index (χ2n) is 6.46. The Morgan fingerprint density at radius 2 is 2.00 bits per heavy atom. The number of hydrogen-bond acceptors (Lipinski definition) is 5. The summed E-state index contributed by atoms with van der Waals surface area (Å²) in [5.74, 6) is 1.15. The molecule has 1 aliphatic rings. The fourth-order valence-corrected chi connectivity index (χ4v) is 4.28. The summed E-state index contributed by atoms with van der Waals surface area (Å²) in [6.45, 7) is 0. The zero-order valence-electron chi connectivity index (χ0n) is 14.5. The summed E-state index contributed by atoms with van der Waals surface area (Å²) in [5.41, 5.74) is 2.60. The number of hydrogen-bond donors (Lipinski definition) is 0. The summed E-state index contributed by atoms with van der Waals surface area (Å²) in [5, 5.41) is 9.11. The number of carbonyl (C=O) groups excluding carboxylic acids is 1. The van der Waals surface area contributed by atoms with Crippen LogP contribution in [-0.4, -0.2) is 35.6 Å². The number of aromatic nitrogens is 4. The SMILES string of the molecule is Cn1c(SCC(=O)c2cccc([C@@H]3CC3(Cl)Cl)c2)nnc1-c1ccncc1. The minimum absolute atomic E-state index is 0.0331. The largest absolute Gasteiger partial charge is 0.305 e. The average Bonchev–Trinajstić information content (AvgIpc) is 3.17. The van der Waals surface area contributed by atoms with E-state index in [4.69, 9.17) is 23.2 Å². The molecule has 138 valence electrons. The molecule has 1 atom stereocenters. The molecule has 0 bridgehead atoms. The molecule has 1 aliphatic carbocycles. The molecule has 2 heterocycles. The van der Waals surface area contributed by atoms with Crippen LogP contribution < -0.4 is 0 Å². The number of benzene rings is 1. The second-order valence-corrected chi connectivity index (χ2v) is 8.94. The van der Waals surface area contributed by atoms with Gasteiger partial charge in [0.1, 0.15) is 4.33 Å². The summed E-state index contributed by atoms with van der Waals surface area (Å²) >= 11 is 13.6. The van der Waals surface area contributed by atoms with Crippen LogP contribution in [0.3, 0.4) is 0 Å². The Bertz CT molecular complexity index is 990. The van der Waals surface area contributed by atoms with E-state index >= 15 is 0 Å². The molecule has 0 spiro atoms. The van der Waals surface area contributed by atoms with Gasteiger partial charge >= 0.3 is 0 Å². The molecule has 0 aliphatic heterocycles. The van der Waals surface area contributed by atoms with Crippen molar-refractivity contribution in [2.75, 3.05) is 5.75 Å². The molecule has 0 N–H and O–H groups in total. The molecule has 1 saturated carbocycles. The van der Waals surface area contributed by atoms with E-state index in [1.807, 2.05) is 48.0 Å². The molecule has 3 aromatic rings. The Labute approximate surface area is 171 Å². The lowest BCUT2D eigenvalue weighted by Crippen LogP contribution is -2.05. The van der Waals surface area contributed by atoms with E-state index < -0.39 is 4.33 Å². The maximum Gasteiger partial charge on any atom is 0.191 e. The second kappa shape index (κ2) is 7.26. The highest BCUT2D eigenvalue weighted by Crippen LogP contribution is 2.59. The first kappa shape index (κ1) is 18.5. The number of Topliss-reactive ketones (excluding diaryl/α,β-unsaturated/α-hetero) is 1. The summed E-state index contributed by atoms with van der Waals surface area (Å²) < 4.78 is 1.18. The first-order valence-corrected chi connectivity index (χ1v) is 10.1. The van der Waals surface area contributed by atoms with Crippen molar-refractivity contribution in [2.45, 2.75) is 21.8 Å². The van der Waals surface area contributed by atoms with E-state index in [9.17, 15) is 4.79 Å². The van der Waals surface area contributed by atoms with Crippen molar-refractivity contribution >= 4 is 40.7 Å². The molecular formula is C19H16Cl2N4OS. The lowest BCUT2D eigenvalue weighted by Gasteiger charge is -2.06. The van der Waals surface area contributed by atoms with Gasteiger partial charge in [0.05, 0.1) is 5.75 Å². The third-order valence-electron chi connectivity index (χ3n) is 4.54. The molecule has 27 heavy (non-hydrogen) atoms. The van der Waals surface area contributed by atoms with Crippen LogP contribution in [0.4, 0.5) is 0 Å². The van der Waals surface area contributed by atoms with Gasteiger partial charge in [-0.05, 0) is 30.2 Å². The molecule has 5 nitrogen and oxygen atoms in total. The van der Waals surface area contributed by atoms with Crippen LogP contribution in [0.5, 0.6) is 0 Å². The molecule has 4 rings (SSSR count). The number of thioether (sulfide) groups is 1. The van der Waals surface area contributed by atoms with E-state index in [1.165, 1.54) is 11.8 Å². The number of nitrogens with zero attached hydrogens (tertiary/aromatic N) is 4. The summed E-state index contributed by atoms with van der Waals surface area (Å²) in [7, 11) is 1.89. The molecule has 0 unspecified atom stereocenters. The van der Waals surface area contributed by atoms with Crippen LogP contribution in [0.1, 0.15) is 28.3 Å². The lowest BCUT2D eigenvalue weighted by molar-refractivity contribution is 0.102. The van der Waals surface area contributed by atoms with Crippen molar-refractivity contribution in [3.63, 3.8) is 0 Å². The lowest BCUT2D eigenvalue weighted by atomic mass is 10.1. The van der Waals surface area contributed by atoms with E-state index in [0.29, 0.717) is 10.7 Å². The zero-order chi connectivity index (χ0) is 19.0. The molecule has 8 heteroatoms. The third-order valence-corrected chi connectivity index (χ3v) is 6.40. The maximum atomic E-state index is 12.6. The Balaban J connectivity index is 1.45. The number of rotatable bonds is 6. The van der Waals surface area contributed by atoms with Crippen molar-refractivity contribution in [3.8, 4) is 11.4 Å². The Morgan fingerprint density at radius 3 is 2.70 bits per heavy atom. The molecule has 0 amide bonds. The Morgan fingerprint density at radius 1 is 1.26 bits per heavy atom. The van der Waals surface area contributed by atoms with Crippen molar-refractivity contribution in [1.29, 1.82) is 0 Å². The first-order chi connectivity index (χ1) is 13.0. The highest BCUT2D eigenvalue weighted by molar-refractivity contribution is 7.99. The highest BCUT2D eigenvalue weighted by Gasteiger charge is 2.52. The maximum absolute atomic E-state index is 12.6. The first-order valence-electron chi connectivity index (χ1n) is 8.39. The molecule has 2 aromatic heterocycles. The van der Waals surface area contributed by atoms with Crippen molar-refractivity contribution in [3.05, 3.63) is 59.9 Å². The number of halogens is 2. The predicted molar refractivity (Wildman–Crippen MR) is 108 cm³/mol. The number of ketones is 1. The predicted octanol–water partition coefficient (Wildman–Crippen LogP) is 4.51. The number of alkyl halides is 2. The van der Waals surface area contributed by atoms with Gasteiger partial charge in [0.2, 0.25) is 0 Å². The van der Waals surface area contributed by atoms with Crippen molar-refractivity contribution in [1.82, 2.24) is 19.7 Å². The van der Waals surface area contributed by atoms with Crippen LogP contribution in [0, 0.1) is 0 Å². The zero-order valence-corrected chi connectivity index (χ0v) is 16.8. The summed E-state index contributed by atoms with van der Waals surface area (Å²) in [6.07, 6.45) is 4.15. The quantitative estimate of drug-likeness (QED) is 0.334. The van der Waals surface area contributed by atoms with Gasteiger partial charge in [-0.3, -0.25) is 9.78 Å². The molecule has 0 radical (unpaired) electrons. The van der Waals surface area contributed by atoms with Gasteiger partial charge in [0.25, 0.3) is 0 Å². The van der Waals surface area contributed by atoms with Crippen LogP contribution in [-0.2, 0) is 7.05 Å². The fourth-order valence-electron chi connectivity index (χ4n) is 2.91. The van der Waals surface area contributed by atoms with Crippen LogP contribution >= 0.6 is 35.0 Å². The summed E-state index contributed by atoms with van der Waals surface area (Å²) in [6, 6.07) is 11.3. The fraction of sp³-hybridized carbons (Fsp3) is 0.263. The van der Waals surface area contributed by atoms with Crippen molar-refractivity contribution in [2.24, 2.45) is 7.05 Å². The number of pyridine rings is 1. The molecule has 1 fully saturated rings. The van der Waals surface area contributed by atoms with Gasteiger partial charge in [-0.25, -0.2) is 0 Å². The van der Waals surface area contributed by atoms with Crippen LogP contribution in [0.2, 0.25) is 0 Å².